The van der Waals surface area contributed by atoms with E-state index in [9.17, 15) is 29.4 Å². The Morgan fingerprint density at radius 3 is 2.64 bits per heavy atom. The van der Waals surface area contributed by atoms with Gasteiger partial charge in [0.15, 0.2) is 12.4 Å². The molecule has 1 aliphatic heterocycles. The number of ketones is 2. The Bertz CT molecular complexity index is 1090. The number of esters is 1. The van der Waals surface area contributed by atoms with Crippen LogP contribution in [0, 0.1) is 34.5 Å². The molecular formula is C27H34FNO7. The van der Waals surface area contributed by atoms with Crippen molar-refractivity contribution in [2.45, 2.75) is 76.8 Å². The summed E-state index contributed by atoms with van der Waals surface area (Å²) in [6.45, 7) is 4.76. The number of rotatable bonds is 4. The number of aliphatic hydroxyl groups is 2. The van der Waals surface area contributed by atoms with Crippen molar-refractivity contribution in [3.05, 3.63) is 23.8 Å². The van der Waals surface area contributed by atoms with Crippen molar-refractivity contribution in [1.29, 1.82) is 0 Å². The number of fused-ring (bicyclic) bond motifs is 5. The van der Waals surface area contributed by atoms with E-state index >= 15 is 4.39 Å². The molecule has 0 aromatic rings. The van der Waals surface area contributed by atoms with Crippen LogP contribution in [0.4, 0.5) is 4.39 Å². The van der Waals surface area contributed by atoms with Crippen LogP contribution in [0.1, 0.15) is 52.9 Å². The number of hydrogen-bond donors (Lipinski definition) is 3. The highest BCUT2D eigenvalue weighted by Crippen LogP contribution is 2.68. The molecule has 1 heterocycles. The van der Waals surface area contributed by atoms with E-state index in [4.69, 9.17) is 4.74 Å². The summed E-state index contributed by atoms with van der Waals surface area (Å²) in [5.41, 5.74) is -3.36. The lowest BCUT2D eigenvalue weighted by Crippen LogP contribution is -2.63. The van der Waals surface area contributed by atoms with Crippen LogP contribution >= 0.6 is 0 Å². The number of carbonyl (C=O) groups excluding carboxylic acids is 4. The molecular weight excluding hydrogens is 469 g/mol. The molecule has 1 amide bonds. The molecule has 3 unspecified atom stereocenters. The van der Waals surface area contributed by atoms with Crippen molar-refractivity contribution in [3.63, 3.8) is 0 Å². The first-order valence-corrected chi connectivity index (χ1v) is 12.8. The minimum atomic E-state index is -1.87. The predicted octanol–water partition coefficient (Wildman–Crippen LogP) is 1.58. The minimum absolute atomic E-state index is 0.109. The Morgan fingerprint density at radius 1 is 1.25 bits per heavy atom. The number of aliphatic hydroxyl groups excluding tert-OH is 1. The average molecular weight is 504 g/mol. The molecule has 0 aromatic carbocycles. The van der Waals surface area contributed by atoms with Gasteiger partial charge in [-0.15, -0.1) is 0 Å². The highest BCUT2D eigenvalue weighted by atomic mass is 19.1. The third-order valence-electron chi connectivity index (χ3n) is 10.1. The lowest BCUT2D eigenvalue weighted by Gasteiger charge is -2.60. The van der Waals surface area contributed by atoms with Crippen LogP contribution in [0.25, 0.3) is 0 Å². The molecule has 36 heavy (non-hydrogen) atoms. The Labute approximate surface area is 209 Å². The van der Waals surface area contributed by atoms with Crippen LogP contribution in [0.15, 0.2) is 23.8 Å². The van der Waals surface area contributed by atoms with E-state index in [2.05, 4.69) is 5.32 Å². The normalized spacial score (nSPS) is 47.4. The molecule has 5 rings (SSSR count). The predicted molar refractivity (Wildman–Crippen MR) is 125 cm³/mol. The van der Waals surface area contributed by atoms with Crippen LogP contribution in [0.5, 0.6) is 0 Å². The number of alkyl halides is 1. The van der Waals surface area contributed by atoms with Gasteiger partial charge >= 0.3 is 5.97 Å². The fourth-order valence-corrected chi connectivity index (χ4v) is 8.40. The number of ether oxygens (including phenoxy) is 1. The van der Waals surface area contributed by atoms with Crippen LogP contribution in [0.2, 0.25) is 0 Å². The van der Waals surface area contributed by atoms with Gasteiger partial charge < -0.3 is 20.3 Å². The van der Waals surface area contributed by atoms with Gasteiger partial charge in [0.05, 0.1) is 6.10 Å². The van der Waals surface area contributed by atoms with Crippen molar-refractivity contribution in [1.82, 2.24) is 5.32 Å². The molecule has 4 fully saturated rings. The largest absolute Gasteiger partial charge is 0.456 e. The zero-order chi connectivity index (χ0) is 26.2. The molecule has 0 radical (unpaired) electrons. The molecule has 5 aliphatic rings. The summed E-state index contributed by atoms with van der Waals surface area (Å²) in [7, 11) is 0. The van der Waals surface area contributed by atoms with Crippen molar-refractivity contribution in [2.24, 2.45) is 34.5 Å². The maximum Gasteiger partial charge on any atom is 0.329 e. The monoisotopic (exact) mass is 503 g/mol. The van der Waals surface area contributed by atoms with Gasteiger partial charge in [-0.3, -0.25) is 14.4 Å². The number of Topliss-reactive ketones (excluding diaryl/α,β-unsaturated/α-hetero) is 1. The van der Waals surface area contributed by atoms with Gasteiger partial charge in [0.25, 0.3) is 0 Å². The standard InChI is InChI=1S/C27H34FNO7/c1-13-8-16-15-10-18(28)17-9-14(30)6-7-25(17,2)23(15)20(31)11-26(16,3)27(13,35)21(32)12-36-24(34)19-4-5-22(33)29-19/h6-7,9,13,15-16,18-20,23,31,35H,4-5,8,10-12H2,1-3H3,(H,29,33)/t13-,15?,16?,18+,19+,20+,23?,25+,26+,27+/m1/s1. The van der Waals surface area contributed by atoms with Crippen LogP contribution in [-0.4, -0.2) is 64.2 Å². The van der Waals surface area contributed by atoms with Crippen LogP contribution in [0.3, 0.4) is 0 Å². The third-order valence-corrected chi connectivity index (χ3v) is 10.1. The molecule has 4 aliphatic carbocycles. The summed E-state index contributed by atoms with van der Waals surface area (Å²) < 4.78 is 20.7. The van der Waals surface area contributed by atoms with E-state index in [0.717, 1.165) is 0 Å². The number of halogens is 1. The summed E-state index contributed by atoms with van der Waals surface area (Å²) in [5.74, 6) is -3.29. The molecule has 1 saturated heterocycles. The highest BCUT2D eigenvalue weighted by molar-refractivity contribution is 6.01. The van der Waals surface area contributed by atoms with E-state index in [1.165, 1.54) is 12.2 Å². The van der Waals surface area contributed by atoms with Crippen molar-refractivity contribution in [2.75, 3.05) is 6.61 Å². The first-order valence-electron chi connectivity index (χ1n) is 12.8. The lowest BCUT2D eigenvalue weighted by atomic mass is 9.46. The van der Waals surface area contributed by atoms with Gasteiger partial charge in [-0.25, -0.2) is 9.18 Å². The summed E-state index contributed by atoms with van der Waals surface area (Å²) >= 11 is 0. The second kappa shape index (κ2) is 8.31. The van der Waals surface area contributed by atoms with Gasteiger partial charge in [-0.1, -0.05) is 26.8 Å². The van der Waals surface area contributed by atoms with Gasteiger partial charge in [-0.05, 0) is 61.2 Å². The molecule has 3 N–H and O–H groups in total. The van der Waals surface area contributed by atoms with E-state index < -0.39 is 59.0 Å². The SMILES string of the molecule is C[C@@H]1CC2C3C[C@H](F)C4=CC(=O)C=C[C@]4(C)C3[C@@H](O)C[C@]2(C)[C@@]1(O)C(=O)COC(=O)[C@@H]1CCC(=O)N1. The summed E-state index contributed by atoms with van der Waals surface area (Å²) in [4.78, 5) is 49.2. The maximum absolute atomic E-state index is 15.5. The van der Waals surface area contributed by atoms with Crippen LogP contribution < -0.4 is 5.32 Å². The van der Waals surface area contributed by atoms with E-state index in [0.29, 0.717) is 18.4 Å². The molecule has 10 atom stereocenters. The highest BCUT2D eigenvalue weighted by Gasteiger charge is 2.71. The molecule has 0 spiro atoms. The number of nitrogens with one attached hydrogen (secondary N) is 1. The number of amides is 1. The third kappa shape index (κ3) is 3.38. The van der Waals surface area contributed by atoms with Crippen molar-refractivity contribution in [3.8, 4) is 0 Å². The van der Waals surface area contributed by atoms with Crippen LogP contribution in [-0.2, 0) is 23.9 Å². The van der Waals surface area contributed by atoms with Crippen molar-refractivity contribution >= 4 is 23.4 Å². The zero-order valence-corrected chi connectivity index (χ0v) is 20.8. The second-order valence-corrected chi connectivity index (χ2v) is 11.9. The molecule has 9 heteroatoms. The van der Waals surface area contributed by atoms with Gasteiger partial charge in [0.2, 0.25) is 11.7 Å². The Kier molecular flexibility index (Phi) is 5.83. The van der Waals surface area contributed by atoms with Gasteiger partial charge in [0, 0.05) is 23.2 Å². The van der Waals surface area contributed by atoms with E-state index in [1.807, 2.05) is 6.92 Å². The summed E-state index contributed by atoms with van der Waals surface area (Å²) in [6, 6.07) is -0.802. The average Bonchev–Trinajstić information content (AvgIpc) is 3.33. The number of carbonyl (C=O) groups is 4. The molecule has 0 bridgehead atoms. The molecule has 3 saturated carbocycles. The zero-order valence-electron chi connectivity index (χ0n) is 20.8. The fraction of sp³-hybridized carbons (Fsp3) is 0.704. The lowest BCUT2D eigenvalue weighted by molar-refractivity contribution is -0.188. The Morgan fingerprint density at radius 2 is 1.97 bits per heavy atom. The summed E-state index contributed by atoms with van der Waals surface area (Å²) in [6.07, 6.45) is 3.39. The van der Waals surface area contributed by atoms with E-state index in [-0.39, 0.29) is 48.7 Å². The first-order chi connectivity index (χ1) is 16.8. The minimum Gasteiger partial charge on any atom is -0.456 e. The fourth-order valence-electron chi connectivity index (χ4n) is 8.40. The quantitative estimate of drug-likeness (QED) is 0.497. The molecule has 8 nitrogen and oxygen atoms in total. The number of hydrogen-bond acceptors (Lipinski definition) is 7. The number of allylic oxidation sites excluding steroid dienone is 4. The first kappa shape index (κ1) is 25.3. The molecule has 196 valence electrons. The van der Waals surface area contributed by atoms with Crippen molar-refractivity contribution < 1.29 is 38.5 Å². The Hall–Kier alpha value is -2.39. The summed E-state index contributed by atoms with van der Waals surface area (Å²) in [5, 5.41) is 25.9. The smallest absolute Gasteiger partial charge is 0.329 e. The van der Waals surface area contributed by atoms with Gasteiger partial charge in [-0.2, -0.15) is 0 Å². The second-order valence-electron chi connectivity index (χ2n) is 11.9. The maximum atomic E-state index is 15.5. The Balaban J connectivity index is 1.41. The molecule has 0 aromatic heterocycles. The van der Waals surface area contributed by atoms with Gasteiger partial charge in [0.1, 0.15) is 17.8 Å². The van der Waals surface area contributed by atoms with E-state index in [1.54, 1.807) is 19.9 Å². The topological polar surface area (TPSA) is 130 Å².